The van der Waals surface area contributed by atoms with E-state index < -0.39 is 18.2 Å². The lowest BCUT2D eigenvalue weighted by Gasteiger charge is -2.35. The zero-order valence-electron chi connectivity index (χ0n) is 11.6. The predicted molar refractivity (Wildman–Crippen MR) is 74.1 cm³/mol. The lowest BCUT2D eigenvalue weighted by Crippen LogP contribution is -2.36. The molecule has 1 unspecified atom stereocenters. The number of nitrogens with zero attached hydrogens (tertiary/aromatic N) is 1. The van der Waals surface area contributed by atoms with Gasteiger partial charge in [-0.25, -0.2) is 4.39 Å². The summed E-state index contributed by atoms with van der Waals surface area (Å²) in [5.74, 6) is -1.09. The maximum Gasteiger partial charge on any atom is 0.387 e. The van der Waals surface area contributed by atoms with Crippen molar-refractivity contribution in [1.82, 2.24) is 0 Å². The number of nitrogens with two attached hydrogens (primary N) is 1. The summed E-state index contributed by atoms with van der Waals surface area (Å²) in [6, 6.07) is 2.22. The third-order valence-electron chi connectivity index (χ3n) is 3.69. The van der Waals surface area contributed by atoms with Gasteiger partial charge < -0.3 is 20.5 Å². The smallest absolute Gasteiger partial charge is 0.387 e. The molecule has 1 aliphatic heterocycles. The number of ether oxygens (including phenoxy) is 1. The maximum atomic E-state index is 13.6. The third-order valence-corrected chi connectivity index (χ3v) is 3.69. The SMILES string of the molecule is Nc1cc(F)c(OC(F)F)cc1N1CCCC(CCO)C1. The van der Waals surface area contributed by atoms with E-state index in [0.717, 1.165) is 18.9 Å². The van der Waals surface area contributed by atoms with Gasteiger partial charge in [0.25, 0.3) is 0 Å². The molecule has 3 N–H and O–H groups in total. The number of rotatable bonds is 5. The first-order valence-corrected chi connectivity index (χ1v) is 6.91. The Morgan fingerprint density at radius 1 is 1.43 bits per heavy atom. The Labute approximate surface area is 121 Å². The van der Waals surface area contributed by atoms with Crippen LogP contribution in [0.3, 0.4) is 0 Å². The normalized spacial score (nSPS) is 19.1. The van der Waals surface area contributed by atoms with Gasteiger partial charge >= 0.3 is 6.61 Å². The Bertz CT molecular complexity index is 484. The molecule has 118 valence electrons. The summed E-state index contributed by atoms with van der Waals surface area (Å²) < 4.78 is 42.3. The highest BCUT2D eigenvalue weighted by molar-refractivity contribution is 5.70. The fourth-order valence-corrected chi connectivity index (χ4v) is 2.72. The second-order valence-corrected chi connectivity index (χ2v) is 5.19. The molecule has 1 aromatic carbocycles. The minimum atomic E-state index is -3.08. The number of piperidine rings is 1. The van der Waals surface area contributed by atoms with Crippen LogP contribution in [0.15, 0.2) is 12.1 Å². The fourth-order valence-electron chi connectivity index (χ4n) is 2.72. The molecular weight excluding hydrogens is 285 g/mol. The number of benzene rings is 1. The van der Waals surface area contributed by atoms with Crippen molar-refractivity contribution in [2.45, 2.75) is 25.9 Å². The Morgan fingerprint density at radius 3 is 2.86 bits per heavy atom. The molecule has 0 aromatic heterocycles. The van der Waals surface area contributed by atoms with E-state index in [0.29, 0.717) is 31.1 Å². The van der Waals surface area contributed by atoms with Crippen LogP contribution >= 0.6 is 0 Å². The zero-order valence-corrected chi connectivity index (χ0v) is 11.6. The van der Waals surface area contributed by atoms with Gasteiger partial charge in [0.15, 0.2) is 11.6 Å². The quantitative estimate of drug-likeness (QED) is 0.821. The van der Waals surface area contributed by atoms with E-state index in [1.807, 2.05) is 4.90 Å². The largest absolute Gasteiger partial charge is 0.432 e. The molecule has 1 aliphatic rings. The lowest BCUT2D eigenvalue weighted by molar-refractivity contribution is -0.0521. The first-order chi connectivity index (χ1) is 10.0. The molecule has 0 spiro atoms. The van der Waals surface area contributed by atoms with Crippen LogP contribution in [0.1, 0.15) is 19.3 Å². The van der Waals surface area contributed by atoms with Gasteiger partial charge in [0.1, 0.15) is 0 Å². The summed E-state index contributed by atoms with van der Waals surface area (Å²) in [5.41, 5.74) is 6.49. The van der Waals surface area contributed by atoms with Crippen molar-refractivity contribution < 1.29 is 23.0 Å². The summed E-state index contributed by atoms with van der Waals surface area (Å²) in [4.78, 5) is 1.93. The standard InChI is InChI=1S/C14H19F3N2O2/c15-10-6-11(18)12(7-13(10)21-14(16)17)19-4-1-2-9(8-19)3-5-20/h6-7,9,14,20H,1-5,8,18H2. The van der Waals surface area contributed by atoms with Crippen molar-refractivity contribution in [3.05, 3.63) is 17.9 Å². The topological polar surface area (TPSA) is 58.7 Å². The van der Waals surface area contributed by atoms with Crippen LogP contribution in [0.5, 0.6) is 5.75 Å². The Morgan fingerprint density at radius 2 is 2.19 bits per heavy atom. The molecule has 1 saturated heterocycles. The molecule has 1 atom stereocenters. The number of nitrogen functional groups attached to an aromatic ring is 1. The van der Waals surface area contributed by atoms with Crippen LogP contribution in [-0.4, -0.2) is 31.4 Å². The molecule has 7 heteroatoms. The first-order valence-electron chi connectivity index (χ1n) is 6.91. The number of hydrogen-bond acceptors (Lipinski definition) is 4. The molecular formula is C14H19F3N2O2. The Hall–Kier alpha value is -1.63. The van der Waals surface area contributed by atoms with Gasteiger partial charge in [-0.2, -0.15) is 8.78 Å². The zero-order chi connectivity index (χ0) is 15.4. The monoisotopic (exact) mass is 304 g/mol. The van der Waals surface area contributed by atoms with Gasteiger partial charge in [0, 0.05) is 31.8 Å². The summed E-state index contributed by atoms with van der Waals surface area (Å²) >= 11 is 0. The molecule has 0 radical (unpaired) electrons. The molecule has 1 fully saturated rings. The summed E-state index contributed by atoms with van der Waals surface area (Å²) in [5, 5.41) is 9.01. The van der Waals surface area contributed by atoms with E-state index in [9.17, 15) is 13.2 Å². The van der Waals surface area contributed by atoms with Crippen molar-refractivity contribution >= 4 is 11.4 Å². The summed E-state index contributed by atoms with van der Waals surface area (Å²) in [6.07, 6.45) is 2.59. The van der Waals surface area contributed by atoms with Crippen molar-refractivity contribution in [2.24, 2.45) is 5.92 Å². The molecule has 0 aliphatic carbocycles. The number of alkyl halides is 2. The van der Waals surface area contributed by atoms with E-state index in [1.165, 1.54) is 6.07 Å². The molecule has 4 nitrogen and oxygen atoms in total. The highest BCUT2D eigenvalue weighted by Gasteiger charge is 2.23. The first kappa shape index (κ1) is 15.8. The van der Waals surface area contributed by atoms with Crippen molar-refractivity contribution in [3.63, 3.8) is 0 Å². The van der Waals surface area contributed by atoms with Crippen molar-refractivity contribution in [2.75, 3.05) is 30.3 Å². The van der Waals surface area contributed by atoms with Gasteiger partial charge in [-0.3, -0.25) is 0 Å². The van der Waals surface area contributed by atoms with Crippen LogP contribution in [0, 0.1) is 11.7 Å². The molecule has 21 heavy (non-hydrogen) atoms. The van der Waals surface area contributed by atoms with Gasteiger partial charge in [-0.05, 0) is 25.2 Å². The average Bonchev–Trinajstić information content (AvgIpc) is 2.42. The fraction of sp³-hybridized carbons (Fsp3) is 0.571. The summed E-state index contributed by atoms with van der Waals surface area (Å²) in [6.45, 7) is -1.60. The van der Waals surface area contributed by atoms with Crippen LogP contribution < -0.4 is 15.4 Å². The van der Waals surface area contributed by atoms with E-state index in [4.69, 9.17) is 10.8 Å². The minimum absolute atomic E-state index is 0.108. The Kier molecular flexibility index (Phi) is 5.17. The highest BCUT2D eigenvalue weighted by atomic mass is 19.3. The average molecular weight is 304 g/mol. The Balaban J connectivity index is 2.21. The number of aliphatic hydroxyl groups excluding tert-OH is 1. The molecule has 2 rings (SSSR count). The van der Waals surface area contributed by atoms with Crippen molar-refractivity contribution in [3.8, 4) is 5.75 Å². The molecule has 0 saturated carbocycles. The van der Waals surface area contributed by atoms with E-state index in [2.05, 4.69) is 4.74 Å². The maximum absolute atomic E-state index is 13.6. The lowest BCUT2D eigenvalue weighted by atomic mass is 9.94. The van der Waals surface area contributed by atoms with E-state index >= 15 is 0 Å². The van der Waals surface area contributed by atoms with Crippen LogP contribution in [-0.2, 0) is 0 Å². The van der Waals surface area contributed by atoms with Crippen LogP contribution in [0.2, 0.25) is 0 Å². The van der Waals surface area contributed by atoms with Crippen LogP contribution in [0.25, 0.3) is 0 Å². The molecule has 1 heterocycles. The third kappa shape index (κ3) is 3.93. The molecule has 0 bridgehead atoms. The van der Waals surface area contributed by atoms with Gasteiger partial charge in [0.05, 0.1) is 11.4 Å². The second kappa shape index (κ2) is 6.89. The number of anilines is 2. The number of halogens is 3. The van der Waals surface area contributed by atoms with Crippen molar-refractivity contribution in [1.29, 1.82) is 0 Å². The minimum Gasteiger partial charge on any atom is -0.432 e. The van der Waals surface area contributed by atoms with Crippen LogP contribution in [0.4, 0.5) is 24.5 Å². The summed E-state index contributed by atoms with van der Waals surface area (Å²) in [7, 11) is 0. The number of aliphatic hydroxyl groups is 1. The van der Waals surface area contributed by atoms with E-state index in [-0.39, 0.29) is 12.3 Å². The highest BCUT2D eigenvalue weighted by Crippen LogP contribution is 2.34. The predicted octanol–water partition coefficient (Wildman–Crippen LogP) is 2.61. The molecule has 1 aromatic rings. The number of hydrogen-bond donors (Lipinski definition) is 2. The van der Waals surface area contributed by atoms with Gasteiger partial charge in [-0.15, -0.1) is 0 Å². The van der Waals surface area contributed by atoms with E-state index in [1.54, 1.807) is 0 Å². The van der Waals surface area contributed by atoms with Gasteiger partial charge in [0.2, 0.25) is 0 Å². The second-order valence-electron chi connectivity index (χ2n) is 5.19. The molecule has 0 amide bonds. The van der Waals surface area contributed by atoms with Gasteiger partial charge in [-0.1, -0.05) is 0 Å².